The van der Waals surface area contributed by atoms with E-state index in [1.165, 1.54) is 11.3 Å². The molecule has 0 fully saturated rings. The van der Waals surface area contributed by atoms with Crippen molar-refractivity contribution in [3.63, 3.8) is 0 Å². The van der Waals surface area contributed by atoms with Gasteiger partial charge in [0.1, 0.15) is 17.3 Å². The van der Waals surface area contributed by atoms with E-state index >= 15 is 0 Å². The lowest BCUT2D eigenvalue weighted by Crippen LogP contribution is -2.30. The van der Waals surface area contributed by atoms with Gasteiger partial charge in [0, 0.05) is 12.8 Å². The van der Waals surface area contributed by atoms with Gasteiger partial charge in [-0.1, -0.05) is 12.1 Å². The van der Waals surface area contributed by atoms with Crippen LogP contribution in [0.2, 0.25) is 0 Å². The van der Waals surface area contributed by atoms with Crippen molar-refractivity contribution in [3.05, 3.63) is 29.3 Å². The summed E-state index contributed by atoms with van der Waals surface area (Å²) >= 11 is 1.49. The molecule has 2 heterocycles. The summed E-state index contributed by atoms with van der Waals surface area (Å²) in [6.45, 7) is 0.116. The fraction of sp³-hybridized carbons (Fsp3) is 0.231. The van der Waals surface area contributed by atoms with Crippen molar-refractivity contribution < 1.29 is 14.3 Å². The number of nitrogens with one attached hydrogen (secondary N) is 1. The summed E-state index contributed by atoms with van der Waals surface area (Å²) < 4.78 is 6.22. The van der Waals surface area contributed by atoms with Crippen molar-refractivity contribution in [1.82, 2.24) is 10.4 Å². The third-order valence-electron chi connectivity index (χ3n) is 2.80. The van der Waals surface area contributed by atoms with Crippen molar-refractivity contribution in [2.24, 2.45) is 5.10 Å². The maximum Gasteiger partial charge on any atom is 0.354 e. The summed E-state index contributed by atoms with van der Waals surface area (Å²) in [6, 6.07) is 7.74. The Morgan fingerprint density at radius 1 is 1.35 bits per heavy atom. The maximum absolute atomic E-state index is 11.8. The van der Waals surface area contributed by atoms with Crippen molar-refractivity contribution in [2.75, 3.05) is 0 Å². The molecule has 6 nitrogen and oxygen atoms in total. The smallest absolute Gasteiger partial charge is 0.354 e. The van der Waals surface area contributed by atoms with Gasteiger partial charge in [-0.2, -0.15) is 5.10 Å². The van der Waals surface area contributed by atoms with Crippen LogP contribution in [-0.4, -0.2) is 22.6 Å². The van der Waals surface area contributed by atoms with Crippen LogP contribution in [0.5, 0.6) is 0 Å². The van der Waals surface area contributed by atoms with E-state index in [4.69, 9.17) is 4.74 Å². The summed E-state index contributed by atoms with van der Waals surface area (Å²) in [5.41, 5.74) is 3.40. The summed E-state index contributed by atoms with van der Waals surface area (Å²) in [5.74, 6) is -0.697. The number of amides is 1. The summed E-state index contributed by atoms with van der Waals surface area (Å²) in [5, 5.41) is 4.43. The van der Waals surface area contributed by atoms with Gasteiger partial charge < -0.3 is 4.74 Å². The van der Waals surface area contributed by atoms with E-state index in [2.05, 4.69) is 15.5 Å². The van der Waals surface area contributed by atoms with Crippen molar-refractivity contribution in [2.45, 2.75) is 19.4 Å². The number of benzene rings is 1. The molecule has 1 aromatic heterocycles. The largest absolute Gasteiger partial charge is 0.454 e. The second kappa shape index (κ2) is 5.38. The van der Waals surface area contributed by atoms with E-state index in [1.54, 1.807) is 0 Å². The summed E-state index contributed by atoms with van der Waals surface area (Å²) in [6.07, 6.45) is 0.569. The number of hydrazone groups is 1. The molecule has 0 unspecified atom stereocenters. The topological polar surface area (TPSA) is 80.7 Å². The number of para-hydroxylation sites is 1. The number of aromatic nitrogens is 1. The van der Waals surface area contributed by atoms with Crippen LogP contribution in [0.3, 0.4) is 0 Å². The number of hydrogen-bond donors (Lipinski definition) is 1. The lowest BCUT2D eigenvalue weighted by Gasteiger charge is -2.10. The molecule has 1 aromatic carbocycles. The van der Waals surface area contributed by atoms with Gasteiger partial charge in [-0.25, -0.2) is 15.2 Å². The molecular weight excluding hydrogens is 278 g/mol. The maximum atomic E-state index is 11.8. The standard InChI is InChI=1S/C13H11N3O3S/c17-11-6-5-9(15-16-11)13(18)19-7-12-14-8-3-1-2-4-10(8)20-12/h1-4H,5-7H2,(H,16,17). The molecule has 0 spiro atoms. The highest BCUT2D eigenvalue weighted by Crippen LogP contribution is 2.22. The minimum atomic E-state index is -0.510. The second-order valence-electron chi connectivity index (χ2n) is 4.24. The van der Waals surface area contributed by atoms with E-state index in [9.17, 15) is 9.59 Å². The minimum Gasteiger partial charge on any atom is -0.454 e. The van der Waals surface area contributed by atoms with Gasteiger partial charge in [0.2, 0.25) is 5.91 Å². The van der Waals surface area contributed by atoms with Gasteiger partial charge >= 0.3 is 5.97 Å². The molecular formula is C13H11N3O3S. The zero-order valence-electron chi connectivity index (χ0n) is 10.5. The first kappa shape index (κ1) is 12.7. The monoisotopic (exact) mass is 289 g/mol. The third-order valence-corrected chi connectivity index (χ3v) is 3.81. The van der Waals surface area contributed by atoms with E-state index in [1.807, 2.05) is 24.3 Å². The van der Waals surface area contributed by atoms with Gasteiger partial charge in [0.25, 0.3) is 0 Å². The lowest BCUT2D eigenvalue weighted by molar-refractivity contribution is -0.137. The predicted octanol–water partition coefficient (Wildman–Crippen LogP) is 1.61. The number of thiazole rings is 1. The Bertz CT molecular complexity index is 675. The number of hydrogen-bond acceptors (Lipinski definition) is 6. The quantitative estimate of drug-likeness (QED) is 0.870. The number of ether oxygens (including phenoxy) is 1. The van der Waals surface area contributed by atoms with E-state index < -0.39 is 5.97 Å². The molecule has 102 valence electrons. The van der Waals surface area contributed by atoms with Gasteiger partial charge in [-0.05, 0) is 12.1 Å². The number of nitrogens with zero attached hydrogens (tertiary/aromatic N) is 2. The van der Waals surface area contributed by atoms with Crippen LogP contribution < -0.4 is 5.43 Å². The average Bonchev–Trinajstić information content (AvgIpc) is 2.88. The SMILES string of the molecule is O=C1CCC(C(=O)OCc2nc3ccccc3s2)=NN1. The normalized spacial score (nSPS) is 14.8. The highest BCUT2D eigenvalue weighted by molar-refractivity contribution is 7.18. The predicted molar refractivity (Wildman–Crippen MR) is 74.2 cm³/mol. The zero-order valence-corrected chi connectivity index (χ0v) is 11.3. The highest BCUT2D eigenvalue weighted by Gasteiger charge is 2.19. The molecule has 0 saturated heterocycles. The van der Waals surface area contributed by atoms with E-state index in [0.29, 0.717) is 6.42 Å². The van der Waals surface area contributed by atoms with Gasteiger partial charge in [0.15, 0.2) is 0 Å². The first-order chi connectivity index (χ1) is 9.72. The van der Waals surface area contributed by atoms with Crippen molar-refractivity contribution in [3.8, 4) is 0 Å². The molecule has 3 rings (SSSR count). The Kier molecular flexibility index (Phi) is 3.42. The molecule has 1 amide bonds. The Morgan fingerprint density at radius 2 is 2.20 bits per heavy atom. The van der Waals surface area contributed by atoms with Crippen LogP contribution in [-0.2, 0) is 20.9 Å². The molecule has 20 heavy (non-hydrogen) atoms. The molecule has 0 saturated carbocycles. The molecule has 2 aromatic rings. The summed E-state index contributed by atoms with van der Waals surface area (Å²) in [7, 11) is 0. The number of esters is 1. The first-order valence-corrected chi connectivity index (χ1v) is 6.91. The first-order valence-electron chi connectivity index (χ1n) is 6.09. The summed E-state index contributed by atoms with van der Waals surface area (Å²) in [4.78, 5) is 27.1. The lowest BCUT2D eigenvalue weighted by atomic mass is 10.2. The fourth-order valence-electron chi connectivity index (χ4n) is 1.81. The Balaban J connectivity index is 1.64. The number of carbonyl (C=O) groups is 2. The molecule has 0 aliphatic carbocycles. The number of carbonyl (C=O) groups excluding carboxylic acids is 2. The van der Waals surface area contributed by atoms with Crippen LogP contribution in [0.4, 0.5) is 0 Å². The zero-order chi connectivity index (χ0) is 13.9. The van der Waals surface area contributed by atoms with Crippen LogP contribution in [0.25, 0.3) is 10.2 Å². The molecule has 1 aliphatic heterocycles. The van der Waals surface area contributed by atoms with E-state index in [-0.39, 0.29) is 24.6 Å². The van der Waals surface area contributed by atoms with Crippen molar-refractivity contribution >= 4 is 39.1 Å². The van der Waals surface area contributed by atoms with Crippen LogP contribution in [0, 0.1) is 0 Å². The molecule has 0 radical (unpaired) electrons. The average molecular weight is 289 g/mol. The fourth-order valence-corrected chi connectivity index (χ4v) is 2.69. The Hall–Kier alpha value is -2.28. The molecule has 0 bridgehead atoms. The number of fused-ring (bicyclic) bond motifs is 1. The highest BCUT2D eigenvalue weighted by atomic mass is 32.1. The molecule has 1 N–H and O–H groups in total. The van der Waals surface area contributed by atoms with Crippen LogP contribution in [0.15, 0.2) is 29.4 Å². The molecule has 0 atom stereocenters. The van der Waals surface area contributed by atoms with Crippen molar-refractivity contribution in [1.29, 1.82) is 0 Å². The van der Waals surface area contributed by atoms with E-state index in [0.717, 1.165) is 15.2 Å². The second-order valence-corrected chi connectivity index (χ2v) is 5.36. The number of rotatable bonds is 3. The Labute approximate surface area is 118 Å². The van der Waals surface area contributed by atoms with Gasteiger partial charge in [0.05, 0.1) is 10.2 Å². The minimum absolute atomic E-state index is 0.116. The van der Waals surface area contributed by atoms with Gasteiger partial charge in [-0.15, -0.1) is 11.3 Å². The Morgan fingerprint density at radius 3 is 2.95 bits per heavy atom. The van der Waals surface area contributed by atoms with Gasteiger partial charge in [-0.3, -0.25) is 4.79 Å². The van der Waals surface area contributed by atoms with Crippen LogP contribution >= 0.6 is 11.3 Å². The molecule has 7 heteroatoms. The van der Waals surface area contributed by atoms with Crippen LogP contribution in [0.1, 0.15) is 17.8 Å². The molecule has 1 aliphatic rings. The third kappa shape index (κ3) is 2.67.